The zero-order chi connectivity index (χ0) is 37.3. The Morgan fingerprint density at radius 1 is 0.309 bits per heavy atom. The van der Waals surface area contributed by atoms with Crippen LogP contribution >= 0.6 is 0 Å². The number of hydrogen-bond donors (Lipinski definition) is 0. The highest BCUT2D eigenvalue weighted by molar-refractivity contribution is 5.97. The van der Waals surface area contributed by atoms with E-state index in [1.807, 2.05) is 0 Å². The molecule has 0 amide bonds. The highest BCUT2D eigenvalue weighted by Gasteiger charge is 2.39. The molecule has 0 N–H and O–H groups in total. The van der Waals surface area contributed by atoms with Crippen molar-refractivity contribution in [2.24, 2.45) is 0 Å². The van der Waals surface area contributed by atoms with Gasteiger partial charge in [-0.25, -0.2) is 0 Å². The molecular weight excluding hydrogens is 663 g/mol. The molecule has 8 aromatic carbocycles. The lowest BCUT2D eigenvalue weighted by atomic mass is 9.78. The van der Waals surface area contributed by atoms with Crippen molar-refractivity contribution in [1.82, 2.24) is 0 Å². The normalized spacial score (nSPS) is 14.1. The van der Waals surface area contributed by atoms with Gasteiger partial charge in [0.2, 0.25) is 0 Å². The molecule has 10 rings (SSSR count). The summed E-state index contributed by atoms with van der Waals surface area (Å²) in [6, 6.07) is 69.6. The molecule has 1 nitrogen and oxygen atoms in total. The molecule has 264 valence electrons. The third kappa shape index (κ3) is 5.22. The van der Waals surface area contributed by atoms with Gasteiger partial charge < -0.3 is 4.90 Å². The summed E-state index contributed by atoms with van der Waals surface area (Å²) in [7, 11) is 0. The predicted octanol–water partition coefficient (Wildman–Crippen LogP) is 14.8. The van der Waals surface area contributed by atoms with Crippen molar-refractivity contribution in [3.8, 4) is 55.6 Å². The summed E-state index contributed by atoms with van der Waals surface area (Å²) in [6.07, 6.45) is 0. The molecular formula is C54H43N. The third-order valence-electron chi connectivity index (χ3n) is 12.2. The van der Waals surface area contributed by atoms with Crippen LogP contribution in [0.15, 0.2) is 188 Å². The summed E-state index contributed by atoms with van der Waals surface area (Å²) < 4.78 is 0. The molecule has 0 bridgehead atoms. The highest BCUT2D eigenvalue weighted by Crippen LogP contribution is 2.56. The van der Waals surface area contributed by atoms with Crippen LogP contribution in [0, 0.1) is 0 Å². The van der Waals surface area contributed by atoms with Gasteiger partial charge in [-0.05, 0) is 109 Å². The van der Waals surface area contributed by atoms with Crippen molar-refractivity contribution in [1.29, 1.82) is 0 Å². The van der Waals surface area contributed by atoms with E-state index in [2.05, 4.69) is 221 Å². The second kappa shape index (κ2) is 12.6. The fourth-order valence-electron chi connectivity index (χ4n) is 9.53. The van der Waals surface area contributed by atoms with E-state index in [-0.39, 0.29) is 10.8 Å². The van der Waals surface area contributed by atoms with Crippen molar-refractivity contribution in [3.05, 3.63) is 210 Å². The predicted molar refractivity (Wildman–Crippen MR) is 233 cm³/mol. The second-order valence-corrected chi connectivity index (χ2v) is 16.2. The van der Waals surface area contributed by atoms with E-state index >= 15 is 0 Å². The number of nitrogens with zero attached hydrogens (tertiary/aromatic N) is 1. The Balaban J connectivity index is 1.28. The molecule has 0 aromatic heterocycles. The maximum atomic E-state index is 2.52. The number of rotatable bonds is 6. The first-order valence-electron chi connectivity index (χ1n) is 19.4. The number of fused-ring (bicyclic) bond motifs is 6. The molecule has 0 aliphatic heterocycles. The van der Waals surface area contributed by atoms with Crippen LogP contribution in [0.4, 0.5) is 17.1 Å². The van der Waals surface area contributed by atoms with E-state index in [1.165, 1.54) is 77.9 Å². The van der Waals surface area contributed by atoms with Crippen LogP contribution in [0.5, 0.6) is 0 Å². The summed E-state index contributed by atoms with van der Waals surface area (Å²) in [6.45, 7) is 9.52. The monoisotopic (exact) mass is 705 g/mol. The lowest BCUT2D eigenvalue weighted by Gasteiger charge is -2.32. The van der Waals surface area contributed by atoms with Crippen molar-refractivity contribution in [2.75, 3.05) is 4.90 Å². The molecule has 2 aliphatic rings. The Morgan fingerprint density at radius 3 is 1.47 bits per heavy atom. The first-order valence-corrected chi connectivity index (χ1v) is 19.4. The van der Waals surface area contributed by atoms with E-state index in [0.717, 1.165) is 17.1 Å². The van der Waals surface area contributed by atoms with Gasteiger partial charge in [0.15, 0.2) is 0 Å². The fourth-order valence-corrected chi connectivity index (χ4v) is 9.53. The van der Waals surface area contributed by atoms with Gasteiger partial charge >= 0.3 is 0 Å². The van der Waals surface area contributed by atoms with E-state index in [4.69, 9.17) is 0 Å². The van der Waals surface area contributed by atoms with Gasteiger partial charge in [-0.3, -0.25) is 0 Å². The molecule has 8 aromatic rings. The van der Waals surface area contributed by atoms with Gasteiger partial charge in [0.05, 0.1) is 5.69 Å². The molecule has 0 spiro atoms. The van der Waals surface area contributed by atoms with Gasteiger partial charge in [-0.1, -0.05) is 179 Å². The smallest absolute Gasteiger partial charge is 0.0540 e. The minimum atomic E-state index is -0.156. The molecule has 0 unspecified atom stereocenters. The van der Waals surface area contributed by atoms with Crippen LogP contribution in [0.1, 0.15) is 49.9 Å². The van der Waals surface area contributed by atoms with Crippen LogP contribution < -0.4 is 4.90 Å². The molecule has 0 atom stereocenters. The van der Waals surface area contributed by atoms with Crippen molar-refractivity contribution < 1.29 is 0 Å². The largest absolute Gasteiger partial charge is 0.310 e. The second-order valence-electron chi connectivity index (χ2n) is 16.2. The van der Waals surface area contributed by atoms with Gasteiger partial charge in [-0.2, -0.15) is 0 Å². The van der Waals surface area contributed by atoms with Crippen molar-refractivity contribution in [3.63, 3.8) is 0 Å². The fraction of sp³-hybridized carbons (Fsp3) is 0.111. The SMILES string of the molecule is CC1(C)c2ccccc2-c2ccc(N(c3cc(-c4ccccc4)c4c(c3)-c3ccccc3C4(C)C)c3ccc(-c4ccccc4)cc3-c3ccccc3)cc21. The van der Waals surface area contributed by atoms with Crippen LogP contribution in [-0.2, 0) is 10.8 Å². The molecule has 0 saturated heterocycles. The molecule has 0 heterocycles. The van der Waals surface area contributed by atoms with Gasteiger partial charge in [0, 0.05) is 27.8 Å². The Bertz CT molecular complexity index is 2740. The van der Waals surface area contributed by atoms with Crippen LogP contribution in [0.2, 0.25) is 0 Å². The van der Waals surface area contributed by atoms with E-state index in [0.29, 0.717) is 0 Å². The molecule has 2 aliphatic carbocycles. The van der Waals surface area contributed by atoms with E-state index in [9.17, 15) is 0 Å². The Hall–Kier alpha value is -6.44. The minimum absolute atomic E-state index is 0.136. The Morgan fingerprint density at radius 2 is 0.818 bits per heavy atom. The zero-order valence-electron chi connectivity index (χ0n) is 31.8. The van der Waals surface area contributed by atoms with Gasteiger partial charge in [0.25, 0.3) is 0 Å². The first-order chi connectivity index (χ1) is 26.8. The summed E-state index contributed by atoms with van der Waals surface area (Å²) in [5.74, 6) is 0. The van der Waals surface area contributed by atoms with Crippen molar-refractivity contribution in [2.45, 2.75) is 38.5 Å². The van der Waals surface area contributed by atoms with Crippen LogP contribution in [0.3, 0.4) is 0 Å². The molecule has 0 radical (unpaired) electrons. The zero-order valence-corrected chi connectivity index (χ0v) is 31.8. The maximum Gasteiger partial charge on any atom is 0.0540 e. The average Bonchev–Trinajstić information content (AvgIpc) is 3.61. The molecule has 0 saturated carbocycles. The summed E-state index contributed by atoms with van der Waals surface area (Å²) in [4.78, 5) is 2.52. The van der Waals surface area contributed by atoms with Crippen molar-refractivity contribution >= 4 is 17.1 Å². The van der Waals surface area contributed by atoms with E-state index in [1.54, 1.807) is 0 Å². The van der Waals surface area contributed by atoms with Gasteiger partial charge in [-0.15, -0.1) is 0 Å². The standard InChI is InChI=1S/C54H43N/c1-53(2)48-26-16-14-24-42(48)44-30-29-40(35-50(44)53)55(51-31-28-39(36-18-8-5-9-19-36)32-45(51)37-20-10-6-11-21-37)41-33-46(38-22-12-7-13-23-38)52-47(34-41)43-25-15-17-27-49(43)54(52,3)4/h5-35H,1-4H3. The number of hydrogen-bond acceptors (Lipinski definition) is 1. The molecule has 1 heteroatoms. The third-order valence-corrected chi connectivity index (χ3v) is 12.2. The molecule has 55 heavy (non-hydrogen) atoms. The first kappa shape index (κ1) is 33.2. The lowest BCUT2D eigenvalue weighted by Crippen LogP contribution is -2.18. The quantitative estimate of drug-likeness (QED) is 0.166. The average molecular weight is 706 g/mol. The lowest BCUT2D eigenvalue weighted by molar-refractivity contribution is 0.660. The number of anilines is 3. The summed E-state index contributed by atoms with van der Waals surface area (Å²) >= 11 is 0. The summed E-state index contributed by atoms with van der Waals surface area (Å²) in [5, 5.41) is 0. The molecule has 0 fully saturated rings. The van der Waals surface area contributed by atoms with E-state index < -0.39 is 0 Å². The maximum absolute atomic E-state index is 2.52. The topological polar surface area (TPSA) is 3.24 Å². The van der Waals surface area contributed by atoms with Crippen LogP contribution in [-0.4, -0.2) is 0 Å². The Kier molecular flexibility index (Phi) is 7.58. The number of benzene rings is 8. The summed E-state index contributed by atoms with van der Waals surface area (Å²) in [5.41, 5.74) is 21.2. The highest BCUT2D eigenvalue weighted by atomic mass is 15.1. The van der Waals surface area contributed by atoms with Gasteiger partial charge in [0.1, 0.15) is 0 Å². The Labute approximate surface area is 325 Å². The van der Waals surface area contributed by atoms with Crippen LogP contribution in [0.25, 0.3) is 55.6 Å². The minimum Gasteiger partial charge on any atom is -0.310 e.